The van der Waals surface area contributed by atoms with Crippen LogP contribution in [-0.4, -0.2) is 29.3 Å². The average Bonchev–Trinajstić information content (AvgIpc) is 2.98. The van der Waals surface area contributed by atoms with Crippen molar-refractivity contribution in [2.45, 2.75) is 51.1 Å². The minimum absolute atomic E-state index is 0.164. The van der Waals surface area contributed by atoms with Gasteiger partial charge in [0.25, 0.3) is 5.91 Å². The molecular formula is C24H27N3O3. The van der Waals surface area contributed by atoms with Crippen LogP contribution in [-0.2, 0) is 21.5 Å². The summed E-state index contributed by atoms with van der Waals surface area (Å²) in [5, 5.41) is 5.86. The third kappa shape index (κ3) is 3.47. The van der Waals surface area contributed by atoms with Crippen LogP contribution in [0.25, 0.3) is 0 Å². The molecule has 4 rings (SSSR count). The largest absolute Gasteiger partial charge is 0.348 e. The molecule has 1 heterocycles. The third-order valence-corrected chi connectivity index (χ3v) is 6.18. The molecule has 1 aliphatic heterocycles. The van der Waals surface area contributed by atoms with Crippen LogP contribution >= 0.6 is 0 Å². The summed E-state index contributed by atoms with van der Waals surface area (Å²) in [6.45, 7) is 3.73. The average molecular weight is 405 g/mol. The summed E-state index contributed by atoms with van der Waals surface area (Å²) in [4.78, 5) is 39.8. The zero-order valence-electron chi connectivity index (χ0n) is 17.4. The Balaban J connectivity index is 1.50. The van der Waals surface area contributed by atoms with E-state index in [4.69, 9.17) is 0 Å². The zero-order valence-corrected chi connectivity index (χ0v) is 17.4. The van der Waals surface area contributed by atoms with Crippen molar-refractivity contribution in [3.8, 4) is 0 Å². The lowest BCUT2D eigenvalue weighted by molar-refractivity contribution is -0.135. The number of urea groups is 1. The molecule has 2 N–H and O–H groups in total. The molecule has 2 aromatic carbocycles. The van der Waals surface area contributed by atoms with E-state index in [0.29, 0.717) is 12.8 Å². The van der Waals surface area contributed by atoms with Crippen LogP contribution in [0.3, 0.4) is 0 Å². The molecule has 156 valence electrons. The van der Waals surface area contributed by atoms with Gasteiger partial charge in [0, 0.05) is 0 Å². The van der Waals surface area contributed by atoms with E-state index in [9.17, 15) is 14.4 Å². The Morgan fingerprint density at radius 3 is 2.63 bits per heavy atom. The smallest absolute Gasteiger partial charge is 0.325 e. The Bertz CT molecular complexity index is 985. The number of rotatable bonds is 5. The Morgan fingerprint density at radius 1 is 1.17 bits per heavy atom. The van der Waals surface area contributed by atoms with E-state index < -0.39 is 11.6 Å². The molecule has 4 amide bonds. The topological polar surface area (TPSA) is 78.5 Å². The van der Waals surface area contributed by atoms with Crippen molar-refractivity contribution in [1.82, 2.24) is 15.5 Å². The van der Waals surface area contributed by atoms with Crippen molar-refractivity contribution < 1.29 is 14.4 Å². The van der Waals surface area contributed by atoms with Gasteiger partial charge in [-0.1, -0.05) is 61.0 Å². The summed E-state index contributed by atoms with van der Waals surface area (Å²) in [6.07, 6.45) is 2.96. The quantitative estimate of drug-likeness (QED) is 0.749. The van der Waals surface area contributed by atoms with Gasteiger partial charge in [-0.3, -0.25) is 14.5 Å². The number of hydrogen-bond acceptors (Lipinski definition) is 3. The highest BCUT2D eigenvalue weighted by Crippen LogP contribution is 2.39. The monoisotopic (exact) mass is 405 g/mol. The van der Waals surface area contributed by atoms with E-state index in [1.54, 1.807) is 0 Å². The first-order valence-electron chi connectivity index (χ1n) is 10.5. The fourth-order valence-corrected chi connectivity index (χ4v) is 4.56. The highest BCUT2D eigenvalue weighted by Gasteiger charge is 2.54. The summed E-state index contributed by atoms with van der Waals surface area (Å²) in [5.41, 5.74) is 3.04. The minimum Gasteiger partial charge on any atom is -0.348 e. The lowest BCUT2D eigenvalue weighted by Gasteiger charge is -2.33. The van der Waals surface area contributed by atoms with E-state index in [2.05, 4.69) is 10.6 Å². The minimum atomic E-state index is -1.05. The molecule has 1 aliphatic carbocycles. The zero-order chi connectivity index (χ0) is 21.3. The normalized spacial score (nSPS) is 21.3. The van der Waals surface area contributed by atoms with Crippen molar-refractivity contribution in [3.05, 3.63) is 70.8 Å². The lowest BCUT2D eigenvalue weighted by Crippen LogP contribution is -2.47. The standard InChI is InChI=1S/C24H27N3O3/c1-3-20(18-12-10-16(2)11-13-18)25-21(28)15-27-22(29)24(26-23(27)30)14-6-8-17-7-4-5-9-19(17)24/h4-5,7,9-13,20H,3,6,8,14-15H2,1-2H3,(H,25,28)(H,26,30)/t20-,24-/m0/s1. The SMILES string of the molecule is CC[C@H](NC(=O)CN1C(=O)N[C@]2(CCCc3ccccc32)C1=O)c1ccc(C)cc1. The second-order valence-corrected chi connectivity index (χ2v) is 8.18. The maximum atomic E-state index is 13.3. The van der Waals surface area contributed by atoms with E-state index in [1.807, 2.05) is 62.4 Å². The predicted molar refractivity (Wildman–Crippen MR) is 114 cm³/mol. The first-order chi connectivity index (χ1) is 14.4. The first kappa shape index (κ1) is 20.1. The van der Waals surface area contributed by atoms with Gasteiger partial charge in [0.1, 0.15) is 12.1 Å². The van der Waals surface area contributed by atoms with Gasteiger partial charge in [-0.15, -0.1) is 0 Å². The molecule has 0 saturated carbocycles. The third-order valence-electron chi connectivity index (χ3n) is 6.18. The summed E-state index contributed by atoms with van der Waals surface area (Å²) < 4.78 is 0. The van der Waals surface area contributed by atoms with Crippen LogP contribution < -0.4 is 10.6 Å². The summed E-state index contributed by atoms with van der Waals surface area (Å²) >= 11 is 0. The number of nitrogens with zero attached hydrogens (tertiary/aromatic N) is 1. The predicted octanol–water partition coefficient (Wildman–Crippen LogP) is 3.35. The number of carbonyl (C=O) groups is 3. The molecule has 6 nitrogen and oxygen atoms in total. The van der Waals surface area contributed by atoms with Gasteiger partial charge in [0.05, 0.1) is 6.04 Å². The number of imide groups is 1. The van der Waals surface area contributed by atoms with Gasteiger partial charge in [-0.05, 0) is 49.3 Å². The van der Waals surface area contributed by atoms with Crippen LogP contribution in [0.1, 0.15) is 54.5 Å². The number of fused-ring (bicyclic) bond motifs is 2. The van der Waals surface area contributed by atoms with Crippen LogP contribution in [0, 0.1) is 6.92 Å². The Labute approximate surface area is 176 Å². The molecular weight excluding hydrogens is 378 g/mol. The van der Waals surface area contributed by atoms with E-state index >= 15 is 0 Å². The maximum Gasteiger partial charge on any atom is 0.325 e. The molecule has 1 saturated heterocycles. The van der Waals surface area contributed by atoms with E-state index in [0.717, 1.165) is 40.0 Å². The summed E-state index contributed by atoms with van der Waals surface area (Å²) in [7, 11) is 0. The van der Waals surface area contributed by atoms with Gasteiger partial charge < -0.3 is 10.6 Å². The number of aryl methyl sites for hydroxylation is 2. The molecule has 30 heavy (non-hydrogen) atoms. The molecule has 0 unspecified atom stereocenters. The van der Waals surface area contributed by atoms with Gasteiger partial charge in [-0.2, -0.15) is 0 Å². The number of carbonyl (C=O) groups excluding carboxylic acids is 3. The highest BCUT2D eigenvalue weighted by molar-refractivity contribution is 6.09. The molecule has 1 spiro atoms. The number of nitrogens with one attached hydrogen (secondary N) is 2. The van der Waals surface area contributed by atoms with Crippen molar-refractivity contribution in [2.75, 3.05) is 6.54 Å². The number of benzene rings is 2. The lowest BCUT2D eigenvalue weighted by atomic mass is 9.76. The first-order valence-corrected chi connectivity index (χ1v) is 10.5. The highest BCUT2D eigenvalue weighted by atomic mass is 16.2. The van der Waals surface area contributed by atoms with Gasteiger partial charge >= 0.3 is 6.03 Å². The summed E-state index contributed by atoms with van der Waals surface area (Å²) in [5.74, 6) is -0.676. The molecule has 2 aromatic rings. The second kappa shape index (κ2) is 7.94. The molecule has 0 bridgehead atoms. The van der Waals surface area contributed by atoms with Crippen LogP contribution in [0.15, 0.2) is 48.5 Å². The summed E-state index contributed by atoms with van der Waals surface area (Å²) in [6, 6.07) is 15.1. The van der Waals surface area contributed by atoms with Crippen LogP contribution in [0.2, 0.25) is 0 Å². The molecule has 2 aliphatic rings. The molecule has 6 heteroatoms. The van der Waals surface area contributed by atoms with Crippen molar-refractivity contribution in [2.24, 2.45) is 0 Å². The van der Waals surface area contributed by atoms with Gasteiger partial charge in [0.2, 0.25) is 5.91 Å². The Hall–Kier alpha value is -3.15. The van der Waals surface area contributed by atoms with Crippen LogP contribution in [0.5, 0.6) is 0 Å². The Kier molecular flexibility index (Phi) is 5.33. The van der Waals surface area contributed by atoms with Crippen molar-refractivity contribution in [3.63, 3.8) is 0 Å². The van der Waals surface area contributed by atoms with Gasteiger partial charge in [-0.25, -0.2) is 4.79 Å². The van der Waals surface area contributed by atoms with E-state index in [-0.39, 0.29) is 24.4 Å². The number of amides is 4. The molecule has 0 aromatic heterocycles. The maximum absolute atomic E-state index is 13.3. The second-order valence-electron chi connectivity index (χ2n) is 8.18. The number of hydrogen-bond donors (Lipinski definition) is 2. The van der Waals surface area contributed by atoms with Gasteiger partial charge in [0.15, 0.2) is 0 Å². The van der Waals surface area contributed by atoms with E-state index in [1.165, 1.54) is 0 Å². The van der Waals surface area contributed by atoms with Crippen molar-refractivity contribution in [1.29, 1.82) is 0 Å². The fraction of sp³-hybridized carbons (Fsp3) is 0.375. The fourth-order valence-electron chi connectivity index (χ4n) is 4.56. The van der Waals surface area contributed by atoms with Crippen LogP contribution in [0.4, 0.5) is 4.79 Å². The molecule has 1 fully saturated rings. The Morgan fingerprint density at radius 2 is 1.90 bits per heavy atom. The molecule has 0 radical (unpaired) electrons. The molecule has 2 atom stereocenters. The van der Waals surface area contributed by atoms with Crippen molar-refractivity contribution >= 4 is 17.8 Å².